The molecule has 11 heteroatoms. The predicted molar refractivity (Wildman–Crippen MR) is 119 cm³/mol. The second-order valence-electron chi connectivity index (χ2n) is 6.51. The summed E-state index contributed by atoms with van der Waals surface area (Å²) in [5.74, 6) is -0.136. The van der Waals surface area contributed by atoms with Crippen molar-refractivity contribution in [2.75, 3.05) is 26.1 Å². The monoisotopic (exact) mass is 482 g/mol. The summed E-state index contributed by atoms with van der Waals surface area (Å²) in [7, 11) is 3.00. The Hall–Kier alpha value is -3.05. The minimum atomic E-state index is -4.53. The number of thiocarbonyl (C=S) groups is 1. The summed E-state index contributed by atoms with van der Waals surface area (Å²) in [6.07, 6.45) is -2.93. The molecule has 0 radical (unpaired) electrons. The number of amides is 2. The van der Waals surface area contributed by atoms with E-state index in [0.717, 1.165) is 28.8 Å². The number of hydrogen-bond acceptors (Lipinski definition) is 6. The van der Waals surface area contributed by atoms with Crippen LogP contribution in [-0.2, 0) is 15.8 Å². The molecule has 0 aromatic heterocycles. The lowest BCUT2D eigenvalue weighted by atomic mass is 10.2. The van der Waals surface area contributed by atoms with Crippen LogP contribution in [-0.4, -0.2) is 41.8 Å². The molecular formula is C21H17F3N2O4S2. The lowest BCUT2D eigenvalue weighted by Gasteiger charge is -2.15. The highest BCUT2D eigenvalue weighted by molar-refractivity contribution is 8.26. The Kier molecular flexibility index (Phi) is 7.09. The van der Waals surface area contributed by atoms with E-state index in [1.807, 2.05) is 0 Å². The second kappa shape index (κ2) is 9.61. The van der Waals surface area contributed by atoms with Crippen LogP contribution < -0.4 is 14.8 Å². The Morgan fingerprint density at radius 3 is 2.53 bits per heavy atom. The van der Waals surface area contributed by atoms with Crippen LogP contribution in [0.1, 0.15) is 11.1 Å². The van der Waals surface area contributed by atoms with Gasteiger partial charge in [0.05, 0.1) is 24.7 Å². The molecule has 2 aromatic rings. The van der Waals surface area contributed by atoms with Gasteiger partial charge in [0.2, 0.25) is 5.91 Å². The first kappa shape index (κ1) is 23.6. The summed E-state index contributed by atoms with van der Waals surface area (Å²) >= 11 is 6.23. The largest absolute Gasteiger partial charge is 0.493 e. The first-order valence-electron chi connectivity index (χ1n) is 9.07. The number of nitrogens with one attached hydrogen (secondary N) is 1. The van der Waals surface area contributed by atoms with Crippen molar-refractivity contribution < 1.29 is 32.2 Å². The van der Waals surface area contributed by atoms with E-state index in [4.69, 9.17) is 21.7 Å². The van der Waals surface area contributed by atoms with Crippen molar-refractivity contribution in [1.82, 2.24) is 4.90 Å². The molecular weight excluding hydrogens is 465 g/mol. The van der Waals surface area contributed by atoms with Crippen molar-refractivity contribution in [2.24, 2.45) is 0 Å². The normalized spacial score (nSPS) is 15.3. The lowest BCUT2D eigenvalue weighted by molar-refractivity contribution is -0.137. The molecule has 1 N–H and O–H groups in total. The molecule has 0 spiro atoms. The van der Waals surface area contributed by atoms with Gasteiger partial charge in [-0.1, -0.05) is 36.1 Å². The van der Waals surface area contributed by atoms with Gasteiger partial charge >= 0.3 is 6.18 Å². The van der Waals surface area contributed by atoms with Crippen LogP contribution in [0, 0.1) is 0 Å². The lowest BCUT2D eigenvalue weighted by Crippen LogP contribution is -2.36. The van der Waals surface area contributed by atoms with Crippen molar-refractivity contribution in [3.8, 4) is 11.5 Å². The van der Waals surface area contributed by atoms with Crippen LogP contribution in [0.4, 0.5) is 18.9 Å². The highest BCUT2D eigenvalue weighted by atomic mass is 32.2. The standard InChI is InChI=1S/C21H17F3N2O4S2/c1-29-15-7-6-12(8-16(15)30-2)9-17-19(28)26(20(31)32-17)11-18(27)25-14-5-3-4-13(10-14)21(22,23)24/h3-10H,11H2,1-2H3,(H,25,27)/b17-9-. The fourth-order valence-corrected chi connectivity index (χ4v) is 4.10. The number of carbonyl (C=O) groups is 2. The quantitative estimate of drug-likeness (QED) is 0.481. The molecule has 2 amide bonds. The van der Waals surface area contributed by atoms with E-state index in [-0.39, 0.29) is 10.0 Å². The van der Waals surface area contributed by atoms with Crippen molar-refractivity contribution in [3.63, 3.8) is 0 Å². The van der Waals surface area contributed by atoms with Crippen molar-refractivity contribution in [3.05, 3.63) is 58.5 Å². The maximum absolute atomic E-state index is 12.8. The molecule has 1 fully saturated rings. The van der Waals surface area contributed by atoms with E-state index >= 15 is 0 Å². The minimum absolute atomic E-state index is 0.0314. The number of carbonyl (C=O) groups excluding carboxylic acids is 2. The maximum Gasteiger partial charge on any atom is 0.416 e. The van der Waals surface area contributed by atoms with Crippen LogP contribution in [0.5, 0.6) is 11.5 Å². The van der Waals surface area contributed by atoms with Crippen molar-refractivity contribution in [1.29, 1.82) is 0 Å². The summed E-state index contributed by atoms with van der Waals surface area (Å²) in [4.78, 5) is 26.5. The molecule has 1 saturated heterocycles. The molecule has 0 atom stereocenters. The summed E-state index contributed by atoms with van der Waals surface area (Å²) in [5, 5.41) is 2.36. The number of hydrogen-bond donors (Lipinski definition) is 1. The van der Waals surface area contributed by atoms with Gasteiger partial charge < -0.3 is 14.8 Å². The summed E-state index contributed by atoms with van der Waals surface area (Å²) in [6.45, 7) is -0.426. The highest BCUT2D eigenvalue weighted by Gasteiger charge is 2.34. The van der Waals surface area contributed by atoms with Crippen LogP contribution in [0.3, 0.4) is 0 Å². The average molecular weight is 483 g/mol. The van der Waals surface area contributed by atoms with Crippen LogP contribution in [0.25, 0.3) is 6.08 Å². The van der Waals surface area contributed by atoms with Gasteiger partial charge in [0.15, 0.2) is 11.5 Å². The number of benzene rings is 2. The summed E-state index contributed by atoms with van der Waals surface area (Å²) in [5.41, 5.74) is -0.258. The fraction of sp³-hybridized carbons (Fsp3) is 0.190. The number of anilines is 1. The molecule has 1 heterocycles. The number of alkyl halides is 3. The minimum Gasteiger partial charge on any atom is -0.493 e. The molecule has 0 unspecified atom stereocenters. The number of nitrogens with zero attached hydrogens (tertiary/aromatic N) is 1. The molecule has 32 heavy (non-hydrogen) atoms. The Balaban J connectivity index is 1.71. The van der Waals surface area contributed by atoms with Gasteiger partial charge in [0.25, 0.3) is 5.91 Å². The molecule has 3 rings (SSSR count). The van der Waals surface area contributed by atoms with E-state index in [9.17, 15) is 22.8 Å². The average Bonchev–Trinajstić information content (AvgIpc) is 3.00. The second-order valence-corrected chi connectivity index (χ2v) is 8.18. The first-order chi connectivity index (χ1) is 15.1. The molecule has 168 valence electrons. The van der Waals surface area contributed by atoms with Crippen LogP contribution in [0.15, 0.2) is 47.4 Å². The van der Waals surface area contributed by atoms with Gasteiger partial charge in [-0.2, -0.15) is 13.2 Å². The zero-order valence-corrected chi connectivity index (χ0v) is 18.5. The zero-order valence-electron chi connectivity index (χ0n) is 16.9. The van der Waals surface area contributed by atoms with Gasteiger partial charge in [-0.05, 0) is 42.0 Å². The Morgan fingerprint density at radius 2 is 1.88 bits per heavy atom. The number of halogens is 3. The smallest absolute Gasteiger partial charge is 0.416 e. The third kappa shape index (κ3) is 5.40. The van der Waals surface area contributed by atoms with E-state index in [0.29, 0.717) is 22.0 Å². The molecule has 0 aliphatic carbocycles. The number of ether oxygens (including phenoxy) is 2. The van der Waals surface area contributed by atoms with Gasteiger partial charge in [-0.25, -0.2) is 0 Å². The SMILES string of the molecule is COc1ccc(/C=C2\SC(=S)N(CC(=O)Nc3cccc(C(F)(F)F)c3)C2=O)cc1OC. The number of thioether (sulfide) groups is 1. The molecule has 6 nitrogen and oxygen atoms in total. The summed E-state index contributed by atoms with van der Waals surface area (Å²) < 4.78 is 49.1. The Bertz CT molecular complexity index is 1100. The van der Waals surface area contributed by atoms with Crippen molar-refractivity contribution in [2.45, 2.75) is 6.18 Å². The predicted octanol–water partition coefficient (Wildman–Crippen LogP) is 4.56. The number of methoxy groups -OCH3 is 2. The Labute approximate surface area is 191 Å². The summed E-state index contributed by atoms with van der Waals surface area (Å²) in [6, 6.07) is 9.34. The molecule has 1 aliphatic heterocycles. The third-order valence-electron chi connectivity index (χ3n) is 4.35. The van der Waals surface area contributed by atoms with Gasteiger partial charge in [-0.15, -0.1) is 0 Å². The van der Waals surface area contributed by atoms with Gasteiger partial charge in [-0.3, -0.25) is 14.5 Å². The molecule has 0 bridgehead atoms. The van der Waals surface area contributed by atoms with E-state index < -0.39 is 30.1 Å². The van der Waals surface area contributed by atoms with Gasteiger partial charge in [0.1, 0.15) is 10.9 Å². The first-order valence-corrected chi connectivity index (χ1v) is 10.3. The molecule has 2 aromatic carbocycles. The van der Waals surface area contributed by atoms with E-state index in [2.05, 4.69) is 5.32 Å². The Morgan fingerprint density at radius 1 is 1.16 bits per heavy atom. The zero-order chi connectivity index (χ0) is 23.5. The number of rotatable bonds is 6. The highest BCUT2D eigenvalue weighted by Crippen LogP contribution is 2.35. The van der Waals surface area contributed by atoms with E-state index in [1.54, 1.807) is 24.3 Å². The maximum atomic E-state index is 12.8. The van der Waals surface area contributed by atoms with E-state index in [1.165, 1.54) is 26.4 Å². The van der Waals surface area contributed by atoms with Crippen LogP contribution in [0.2, 0.25) is 0 Å². The van der Waals surface area contributed by atoms with Crippen LogP contribution >= 0.6 is 24.0 Å². The molecule has 1 aliphatic rings. The fourth-order valence-electron chi connectivity index (χ4n) is 2.85. The van der Waals surface area contributed by atoms with Gasteiger partial charge in [0, 0.05) is 5.69 Å². The third-order valence-corrected chi connectivity index (χ3v) is 5.73. The van der Waals surface area contributed by atoms with Crippen molar-refractivity contribution >= 4 is 51.9 Å². The molecule has 0 saturated carbocycles. The topological polar surface area (TPSA) is 67.9 Å².